The molecule has 0 aliphatic heterocycles. The molecular formula is C24H17LaNO7. The second kappa shape index (κ2) is 9.72. The molecule has 3 heterocycles. The van der Waals surface area contributed by atoms with Crippen LogP contribution < -0.4 is 10.9 Å². The minimum Gasteiger partial charge on any atom is -0.480 e. The van der Waals surface area contributed by atoms with Crippen molar-refractivity contribution in [3.8, 4) is 11.9 Å². The minimum atomic E-state index is -1.15. The molecule has 4 N–H and O–H groups in total. The predicted octanol–water partition coefficient (Wildman–Crippen LogP) is 3.06. The molecule has 1 radical (unpaired) electrons. The van der Waals surface area contributed by atoms with Gasteiger partial charge < -0.3 is 24.5 Å². The van der Waals surface area contributed by atoms with Crippen LogP contribution in [0.15, 0.2) is 91.5 Å². The molecule has 163 valence electrons. The van der Waals surface area contributed by atoms with E-state index in [0.29, 0.717) is 5.56 Å². The van der Waals surface area contributed by atoms with E-state index in [1.165, 1.54) is 12.4 Å². The third-order valence-corrected chi connectivity index (χ3v) is 5.24. The summed E-state index contributed by atoms with van der Waals surface area (Å²) in [5.74, 6) is -2.43. The zero-order valence-electron chi connectivity index (χ0n) is 17.1. The summed E-state index contributed by atoms with van der Waals surface area (Å²) in [6.45, 7) is 0. The molecule has 33 heavy (non-hydrogen) atoms. The Hall–Kier alpha value is -3.24. The van der Waals surface area contributed by atoms with Gasteiger partial charge in [0.1, 0.15) is 11.2 Å². The zero-order valence-corrected chi connectivity index (χ0v) is 20.7. The molecule has 2 aromatic carbocycles. The van der Waals surface area contributed by atoms with E-state index in [-0.39, 0.29) is 74.1 Å². The molecule has 0 amide bonds. The van der Waals surface area contributed by atoms with Crippen molar-refractivity contribution in [2.24, 2.45) is 0 Å². The van der Waals surface area contributed by atoms with Crippen LogP contribution in [0.2, 0.25) is 0 Å². The van der Waals surface area contributed by atoms with Gasteiger partial charge in [0.25, 0.3) is 11.9 Å². The fourth-order valence-electron chi connectivity index (χ4n) is 3.83. The number of nitrogens with zero attached hydrogens (tertiary/aromatic N) is 1. The number of fused-ring (bicyclic) bond motifs is 2. The van der Waals surface area contributed by atoms with Gasteiger partial charge in [-0.15, -0.1) is 0 Å². The summed E-state index contributed by atoms with van der Waals surface area (Å²) in [6.07, 6.45) is 2.98. The van der Waals surface area contributed by atoms with Crippen molar-refractivity contribution >= 4 is 21.9 Å². The number of aromatic hydroxyl groups is 2. The Morgan fingerprint density at radius 3 is 1.58 bits per heavy atom. The van der Waals surface area contributed by atoms with Crippen molar-refractivity contribution in [3.63, 3.8) is 0 Å². The van der Waals surface area contributed by atoms with E-state index in [1.807, 2.05) is 0 Å². The summed E-state index contributed by atoms with van der Waals surface area (Å²) in [5.41, 5.74) is -0.536. The van der Waals surface area contributed by atoms with Crippen molar-refractivity contribution in [2.75, 3.05) is 0 Å². The van der Waals surface area contributed by atoms with Crippen LogP contribution in [0.25, 0.3) is 21.9 Å². The first-order chi connectivity index (χ1) is 15.1. The molecule has 0 bridgehead atoms. The Bertz CT molecular complexity index is 1460. The smallest absolute Gasteiger partial charge is 0.290 e. The van der Waals surface area contributed by atoms with Gasteiger partial charge in [0.15, 0.2) is 0 Å². The molecule has 0 saturated carbocycles. The van der Waals surface area contributed by atoms with Crippen LogP contribution in [-0.2, 0) is 0 Å². The van der Waals surface area contributed by atoms with Crippen molar-refractivity contribution in [2.45, 2.75) is 5.92 Å². The monoisotopic (exact) mass is 570 g/mol. The molecule has 0 fully saturated rings. The molecule has 3 aromatic heterocycles. The third kappa shape index (κ3) is 4.11. The number of rotatable bonds is 3. The fraction of sp³-hybridized carbons (Fsp3) is 0.0417. The van der Waals surface area contributed by atoms with E-state index in [2.05, 4.69) is 4.98 Å². The van der Waals surface area contributed by atoms with E-state index in [0.717, 1.165) is 0 Å². The molecule has 5 aromatic rings. The van der Waals surface area contributed by atoms with Gasteiger partial charge in [-0.1, -0.05) is 24.3 Å². The maximum Gasteiger partial charge on any atom is 0.290 e. The topological polar surface area (TPSA) is 145 Å². The SMILES string of the molecule is O.O=c1c(C(c2ccncc2)c2c(O)oc3ccccc3c2=O)c(O)oc2ccccc12.[La]. The van der Waals surface area contributed by atoms with Gasteiger partial charge in [-0.05, 0) is 42.0 Å². The summed E-state index contributed by atoms with van der Waals surface area (Å²) in [5, 5.41) is 21.8. The van der Waals surface area contributed by atoms with Crippen LogP contribution in [0.4, 0.5) is 0 Å². The molecule has 9 heteroatoms. The molecule has 0 aliphatic carbocycles. The first-order valence-electron chi connectivity index (χ1n) is 9.45. The Labute approximate surface area is 214 Å². The van der Waals surface area contributed by atoms with Crippen LogP contribution in [0.3, 0.4) is 0 Å². The normalized spacial score (nSPS) is 10.7. The Morgan fingerprint density at radius 2 is 1.12 bits per heavy atom. The molecule has 0 unspecified atom stereocenters. The van der Waals surface area contributed by atoms with E-state index in [9.17, 15) is 19.8 Å². The first kappa shape index (κ1) is 24.4. The zero-order chi connectivity index (χ0) is 21.5. The quantitative estimate of drug-likeness (QED) is 0.339. The van der Waals surface area contributed by atoms with Gasteiger partial charge in [0.05, 0.1) is 27.8 Å². The number of aromatic nitrogens is 1. The van der Waals surface area contributed by atoms with Crippen molar-refractivity contribution in [1.29, 1.82) is 0 Å². The minimum absolute atomic E-state index is 0. The molecule has 0 saturated heterocycles. The average Bonchev–Trinajstić information content (AvgIpc) is 2.78. The van der Waals surface area contributed by atoms with Crippen molar-refractivity contribution in [1.82, 2.24) is 4.98 Å². The number of pyridine rings is 1. The summed E-state index contributed by atoms with van der Waals surface area (Å²) in [7, 11) is 0. The van der Waals surface area contributed by atoms with E-state index in [1.54, 1.807) is 60.7 Å². The molecule has 8 nitrogen and oxygen atoms in total. The second-order valence-electron chi connectivity index (χ2n) is 7.01. The summed E-state index contributed by atoms with van der Waals surface area (Å²) >= 11 is 0. The Balaban J connectivity index is 0.00000153. The number of hydrogen-bond acceptors (Lipinski definition) is 7. The number of benzene rings is 2. The van der Waals surface area contributed by atoms with Crippen LogP contribution >= 0.6 is 0 Å². The molecule has 5 rings (SSSR count). The second-order valence-corrected chi connectivity index (χ2v) is 7.01. The van der Waals surface area contributed by atoms with Gasteiger partial charge in [0, 0.05) is 48.0 Å². The molecule has 0 aliphatic rings. The average molecular weight is 570 g/mol. The predicted molar refractivity (Wildman–Crippen MR) is 117 cm³/mol. The summed E-state index contributed by atoms with van der Waals surface area (Å²) < 4.78 is 11.0. The van der Waals surface area contributed by atoms with Crippen LogP contribution in [0, 0.1) is 35.6 Å². The van der Waals surface area contributed by atoms with Crippen LogP contribution in [0.5, 0.6) is 11.9 Å². The van der Waals surface area contributed by atoms with Crippen LogP contribution in [0.1, 0.15) is 22.6 Å². The summed E-state index contributed by atoms with van der Waals surface area (Å²) in [6, 6.07) is 16.1. The van der Waals surface area contributed by atoms with Crippen molar-refractivity contribution < 1.29 is 60.1 Å². The van der Waals surface area contributed by atoms with Crippen molar-refractivity contribution in [3.05, 3.63) is 110 Å². The van der Waals surface area contributed by atoms with Gasteiger partial charge in [0.2, 0.25) is 10.9 Å². The Kier molecular flexibility index (Phi) is 7.19. The van der Waals surface area contributed by atoms with E-state index < -0.39 is 28.7 Å². The third-order valence-electron chi connectivity index (χ3n) is 5.24. The molecular weight excluding hydrogens is 553 g/mol. The number of para-hydroxylation sites is 2. The van der Waals surface area contributed by atoms with Gasteiger partial charge in [-0.2, -0.15) is 0 Å². The molecule has 0 atom stereocenters. The fourth-order valence-corrected chi connectivity index (χ4v) is 3.83. The molecule has 0 spiro atoms. The summed E-state index contributed by atoms with van der Waals surface area (Å²) in [4.78, 5) is 30.7. The Morgan fingerprint density at radius 1 is 0.697 bits per heavy atom. The van der Waals surface area contributed by atoms with Gasteiger partial charge >= 0.3 is 0 Å². The maximum absolute atomic E-state index is 13.4. The van der Waals surface area contributed by atoms with E-state index >= 15 is 0 Å². The maximum atomic E-state index is 13.4. The van der Waals surface area contributed by atoms with E-state index in [4.69, 9.17) is 8.83 Å². The number of hydrogen-bond donors (Lipinski definition) is 2. The van der Waals surface area contributed by atoms with Gasteiger partial charge in [-0.3, -0.25) is 14.6 Å². The largest absolute Gasteiger partial charge is 0.480 e. The standard InChI is InChI=1S/C24H15NO6.La.H2O/c26-21-14-5-1-3-7-16(14)30-23(28)19(21)18(13-9-11-25-12-10-13)20-22(27)15-6-2-4-8-17(15)31-24(20)29;;/h1-12,18,28-29H;;1H2. The first-order valence-corrected chi connectivity index (χ1v) is 9.45. The van der Waals surface area contributed by atoms with Crippen LogP contribution in [-0.4, -0.2) is 20.7 Å². The van der Waals surface area contributed by atoms with Gasteiger partial charge in [-0.25, -0.2) is 0 Å².